The van der Waals surface area contributed by atoms with Gasteiger partial charge in [-0.1, -0.05) is 11.8 Å². The van der Waals surface area contributed by atoms with Crippen LogP contribution in [0.2, 0.25) is 0 Å². The molecule has 0 bridgehead atoms. The fraction of sp³-hybridized carbons (Fsp3) is 0.462. The van der Waals surface area contributed by atoms with Crippen LogP contribution in [0.4, 0.5) is 0 Å². The van der Waals surface area contributed by atoms with Crippen molar-refractivity contribution in [3.8, 4) is 11.8 Å². The normalized spacial score (nSPS) is 18.2. The van der Waals surface area contributed by atoms with Gasteiger partial charge in [-0.15, -0.1) is 11.3 Å². The zero-order valence-corrected chi connectivity index (χ0v) is 10.8. The molecule has 18 heavy (non-hydrogen) atoms. The molecule has 0 aromatic carbocycles. The summed E-state index contributed by atoms with van der Waals surface area (Å²) in [6, 6.07) is 3.55. The molecule has 1 unspecified atom stereocenters. The Bertz CT molecular complexity index is 466. The van der Waals surface area contributed by atoms with Gasteiger partial charge < -0.3 is 15.2 Å². The van der Waals surface area contributed by atoms with Gasteiger partial charge in [0.2, 0.25) is 0 Å². The lowest BCUT2D eigenvalue weighted by molar-refractivity contribution is 0.0949. The summed E-state index contributed by atoms with van der Waals surface area (Å²) in [5.74, 6) is 5.71. The first-order valence-electron chi connectivity index (χ1n) is 5.85. The van der Waals surface area contributed by atoms with E-state index in [1.165, 1.54) is 11.3 Å². The Kier molecular flexibility index (Phi) is 4.76. The zero-order chi connectivity index (χ0) is 12.8. The highest BCUT2D eigenvalue weighted by Gasteiger charge is 2.17. The smallest absolute Gasteiger partial charge is 0.261 e. The maximum absolute atomic E-state index is 11.8. The molecule has 0 saturated carbocycles. The summed E-state index contributed by atoms with van der Waals surface area (Å²) in [5, 5.41) is 11.5. The molecule has 1 aliphatic rings. The standard InChI is InChI=1S/C13H15NO3S/c15-6-1-2-11-3-4-12(18-11)13(16)14-8-10-5-7-17-9-10/h3-4,10,15H,5-9H2,(H,14,16). The van der Waals surface area contributed by atoms with Crippen molar-refractivity contribution < 1.29 is 14.6 Å². The minimum Gasteiger partial charge on any atom is -0.384 e. The number of nitrogens with one attached hydrogen (secondary N) is 1. The highest BCUT2D eigenvalue weighted by Crippen LogP contribution is 2.16. The van der Waals surface area contributed by atoms with Gasteiger partial charge in [0.1, 0.15) is 6.61 Å². The van der Waals surface area contributed by atoms with Crippen LogP contribution in [0, 0.1) is 17.8 Å². The van der Waals surface area contributed by atoms with Crippen LogP contribution in [0.1, 0.15) is 21.0 Å². The van der Waals surface area contributed by atoms with E-state index in [1.807, 2.05) is 0 Å². The van der Waals surface area contributed by atoms with Crippen molar-refractivity contribution in [3.63, 3.8) is 0 Å². The quantitative estimate of drug-likeness (QED) is 0.797. The number of carbonyl (C=O) groups is 1. The zero-order valence-electron chi connectivity index (χ0n) is 9.94. The second-order valence-corrected chi connectivity index (χ2v) is 5.15. The van der Waals surface area contributed by atoms with Crippen molar-refractivity contribution in [2.45, 2.75) is 6.42 Å². The molecule has 1 aliphatic heterocycles. The largest absolute Gasteiger partial charge is 0.384 e. The third-order valence-corrected chi connectivity index (χ3v) is 3.70. The van der Waals surface area contributed by atoms with Crippen molar-refractivity contribution in [2.75, 3.05) is 26.4 Å². The number of thiophene rings is 1. The Hall–Kier alpha value is -1.35. The summed E-state index contributed by atoms with van der Waals surface area (Å²) < 4.78 is 5.25. The average molecular weight is 265 g/mol. The highest BCUT2D eigenvalue weighted by atomic mass is 32.1. The Morgan fingerprint density at radius 3 is 3.22 bits per heavy atom. The molecule has 0 radical (unpaired) electrons. The van der Waals surface area contributed by atoms with Gasteiger partial charge in [-0.3, -0.25) is 4.79 Å². The molecule has 4 nitrogen and oxygen atoms in total. The summed E-state index contributed by atoms with van der Waals surface area (Å²) in [6.07, 6.45) is 1.01. The first-order valence-corrected chi connectivity index (χ1v) is 6.66. The van der Waals surface area contributed by atoms with Crippen LogP contribution in [0.25, 0.3) is 0 Å². The van der Waals surface area contributed by atoms with Gasteiger partial charge in [-0.05, 0) is 18.6 Å². The van der Waals surface area contributed by atoms with Crippen LogP contribution in [0.5, 0.6) is 0 Å². The van der Waals surface area contributed by atoms with E-state index in [2.05, 4.69) is 17.2 Å². The third-order valence-electron chi connectivity index (χ3n) is 2.70. The van der Waals surface area contributed by atoms with E-state index < -0.39 is 0 Å². The fourth-order valence-corrected chi connectivity index (χ4v) is 2.52. The lowest BCUT2D eigenvalue weighted by atomic mass is 10.1. The molecule has 1 fully saturated rings. The monoisotopic (exact) mass is 265 g/mol. The van der Waals surface area contributed by atoms with Crippen molar-refractivity contribution in [1.82, 2.24) is 5.32 Å². The Morgan fingerprint density at radius 2 is 2.50 bits per heavy atom. The van der Waals surface area contributed by atoms with E-state index >= 15 is 0 Å². The van der Waals surface area contributed by atoms with Gasteiger partial charge >= 0.3 is 0 Å². The van der Waals surface area contributed by atoms with Gasteiger partial charge in [-0.2, -0.15) is 0 Å². The number of hydrogen-bond acceptors (Lipinski definition) is 4. The molecule has 2 heterocycles. The maximum Gasteiger partial charge on any atom is 0.261 e. The summed E-state index contributed by atoms with van der Waals surface area (Å²) in [5.41, 5.74) is 0. The van der Waals surface area contributed by atoms with E-state index in [-0.39, 0.29) is 12.5 Å². The molecule has 96 valence electrons. The predicted octanol–water partition coefficient (Wildman–Crippen LogP) is 0.858. The molecule has 2 rings (SSSR count). The Labute approximate surface area is 110 Å². The molecule has 1 saturated heterocycles. The topological polar surface area (TPSA) is 58.6 Å². The summed E-state index contributed by atoms with van der Waals surface area (Å²) in [4.78, 5) is 13.3. The number of ether oxygens (including phenoxy) is 1. The fourth-order valence-electron chi connectivity index (χ4n) is 1.72. The van der Waals surface area contributed by atoms with Crippen molar-refractivity contribution in [1.29, 1.82) is 0 Å². The lowest BCUT2D eigenvalue weighted by Gasteiger charge is -2.07. The van der Waals surface area contributed by atoms with Crippen molar-refractivity contribution in [2.24, 2.45) is 5.92 Å². The molecule has 1 aromatic rings. The van der Waals surface area contributed by atoms with Gasteiger partial charge in [0, 0.05) is 19.1 Å². The Morgan fingerprint density at radius 1 is 1.61 bits per heavy atom. The van der Waals surface area contributed by atoms with Crippen LogP contribution in [0.15, 0.2) is 12.1 Å². The summed E-state index contributed by atoms with van der Waals surface area (Å²) >= 11 is 1.34. The van der Waals surface area contributed by atoms with Crippen LogP contribution in [-0.4, -0.2) is 37.4 Å². The van der Waals surface area contributed by atoms with Crippen LogP contribution >= 0.6 is 11.3 Å². The Balaban J connectivity index is 1.86. The highest BCUT2D eigenvalue weighted by molar-refractivity contribution is 7.14. The predicted molar refractivity (Wildman–Crippen MR) is 69.5 cm³/mol. The second kappa shape index (κ2) is 6.55. The molecule has 1 amide bonds. The van der Waals surface area contributed by atoms with Crippen molar-refractivity contribution >= 4 is 17.2 Å². The molecular weight excluding hydrogens is 250 g/mol. The van der Waals surface area contributed by atoms with Gasteiger partial charge in [0.05, 0.1) is 16.4 Å². The number of amides is 1. The average Bonchev–Trinajstić information content (AvgIpc) is 3.04. The molecule has 5 heteroatoms. The lowest BCUT2D eigenvalue weighted by Crippen LogP contribution is -2.28. The number of aliphatic hydroxyl groups excluding tert-OH is 1. The van der Waals surface area contributed by atoms with Gasteiger partial charge in [-0.25, -0.2) is 0 Å². The van der Waals surface area contributed by atoms with Crippen LogP contribution < -0.4 is 5.32 Å². The molecular formula is C13H15NO3S. The number of aliphatic hydroxyl groups is 1. The first kappa shape index (κ1) is 13.1. The van der Waals surface area contributed by atoms with E-state index in [9.17, 15) is 4.79 Å². The van der Waals surface area contributed by atoms with E-state index in [1.54, 1.807) is 12.1 Å². The van der Waals surface area contributed by atoms with Gasteiger partial charge in [0.25, 0.3) is 5.91 Å². The molecule has 0 aliphatic carbocycles. The maximum atomic E-state index is 11.8. The number of rotatable bonds is 3. The molecule has 1 atom stereocenters. The SMILES string of the molecule is O=C(NCC1CCOC1)c1ccc(C#CCO)s1. The number of carbonyl (C=O) groups excluding carboxylic acids is 1. The summed E-state index contributed by atoms with van der Waals surface area (Å²) in [6.45, 7) is 2.02. The van der Waals surface area contributed by atoms with E-state index in [0.717, 1.165) is 24.5 Å². The molecule has 0 spiro atoms. The first-order chi connectivity index (χ1) is 8.79. The van der Waals surface area contributed by atoms with E-state index in [4.69, 9.17) is 9.84 Å². The second-order valence-electron chi connectivity index (χ2n) is 4.06. The van der Waals surface area contributed by atoms with Crippen molar-refractivity contribution in [3.05, 3.63) is 21.9 Å². The molecule has 2 N–H and O–H groups in total. The van der Waals surface area contributed by atoms with Crippen LogP contribution in [0.3, 0.4) is 0 Å². The minimum absolute atomic E-state index is 0.0658. The van der Waals surface area contributed by atoms with E-state index in [0.29, 0.717) is 17.3 Å². The van der Waals surface area contributed by atoms with Crippen LogP contribution in [-0.2, 0) is 4.74 Å². The minimum atomic E-state index is -0.166. The van der Waals surface area contributed by atoms with Gasteiger partial charge in [0.15, 0.2) is 0 Å². The number of hydrogen-bond donors (Lipinski definition) is 2. The third kappa shape index (κ3) is 3.57. The summed E-state index contributed by atoms with van der Waals surface area (Å²) in [7, 11) is 0. The molecule has 1 aromatic heterocycles.